The van der Waals surface area contributed by atoms with Gasteiger partial charge in [-0.2, -0.15) is 5.26 Å². The minimum Gasteiger partial charge on any atom is -0.352 e. The van der Waals surface area contributed by atoms with E-state index in [1.807, 2.05) is 40.7 Å². The summed E-state index contributed by atoms with van der Waals surface area (Å²) in [6.45, 7) is 14.4. The Kier molecular flexibility index (Phi) is 8.03. The number of anilines is 1. The number of rotatable bonds is 4. The molecular weight excluding hydrogens is 367 g/mol. The first-order valence-corrected chi connectivity index (χ1v) is 10.3. The molecule has 1 aliphatic heterocycles. The van der Waals surface area contributed by atoms with E-state index in [9.17, 15) is 4.39 Å². The van der Waals surface area contributed by atoms with E-state index in [2.05, 4.69) is 31.7 Å². The molecule has 0 radical (unpaired) electrons. The van der Waals surface area contributed by atoms with Crippen LogP contribution in [-0.4, -0.2) is 45.5 Å². The predicted octanol–water partition coefficient (Wildman–Crippen LogP) is 4.05. The fraction of sp³-hybridized carbons (Fsp3) is 0.545. The summed E-state index contributed by atoms with van der Waals surface area (Å²) in [6.07, 6.45) is 3.91. The summed E-state index contributed by atoms with van der Waals surface area (Å²) in [5.74, 6) is 0.540. The van der Waals surface area contributed by atoms with Crippen LogP contribution in [0.4, 0.5) is 10.2 Å². The summed E-state index contributed by atoms with van der Waals surface area (Å²) >= 11 is 0. The number of nitrogens with zero attached hydrogens (tertiary/aromatic N) is 6. The van der Waals surface area contributed by atoms with Crippen LogP contribution in [0.25, 0.3) is 0 Å². The van der Waals surface area contributed by atoms with Gasteiger partial charge < -0.3 is 4.90 Å². The molecule has 1 unspecified atom stereocenters. The molecule has 1 saturated heterocycles. The zero-order chi connectivity index (χ0) is 21.6. The topological polar surface area (TPSA) is 68.9 Å². The molecule has 0 amide bonds. The number of nitriles is 1. The van der Waals surface area contributed by atoms with Gasteiger partial charge in [-0.25, -0.2) is 14.4 Å². The lowest BCUT2D eigenvalue weighted by Crippen LogP contribution is -2.53. The van der Waals surface area contributed by atoms with Gasteiger partial charge in [-0.05, 0) is 38.8 Å². The number of pyridine rings is 1. The highest BCUT2D eigenvalue weighted by molar-refractivity contribution is 5.38. The first kappa shape index (κ1) is 22.7. The molecule has 2 aromatic rings. The van der Waals surface area contributed by atoms with Gasteiger partial charge in [-0.15, -0.1) is 0 Å². The number of hydrogen-bond donors (Lipinski definition) is 0. The van der Waals surface area contributed by atoms with Crippen molar-refractivity contribution in [2.24, 2.45) is 0 Å². The lowest BCUT2D eigenvalue weighted by atomic mass is 10.0. The number of halogens is 1. The molecule has 0 aromatic carbocycles. The average molecular weight is 399 g/mol. The Balaban J connectivity index is 0.00000145. The van der Waals surface area contributed by atoms with E-state index in [-0.39, 0.29) is 17.9 Å². The van der Waals surface area contributed by atoms with Crippen molar-refractivity contribution in [2.45, 2.75) is 60.0 Å². The van der Waals surface area contributed by atoms with Crippen molar-refractivity contribution < 1.29 is 4.39 Å². The summed E-state index contributed by atoms with van der Waals surface area (Å²) in [5.41, 5.74) is 2.69. The van der Waals surface area contributed by atoms with Gasteiger partial charge in [0.15, 0.2) is 5.69 Å². The molecule has 156 valence electrons. The van der Waals surface area contributed by atoms with Crippen molar-refractivity contribution >= 4 is 5.82 Å². The molecule has 1 aliphatic rings. The third kappa shape index (κ3) is 5.07. The number of piperazine rings is 1. The van der Waals surface area contributed by atoms with E-state index in [4.69, 9.17) is 5.26 Å². The van der Waals surface area contributed by atoms with Gasteiger partial charge in [0.25, 0.3) is 0 Å². The molecule has 7 heteroatoms. The molecule has 0 spiro atoms. The van der Waals surface area contributed by atoms with Crippen LogP contribution in [0.3, 0.4) is 0 Å². The Bertz CT molecular complexity index is 846. The van der Waals surface area contributed by atoms with Crippen LogP contribution in [-0.2, 0) is 6.42 Å². The van der Waals surface area contributed by atoms with Crippen molar-refractivity contribution in [1.29, 1.82) is 5.26 Å². The van der Waals surface area contributed by atoms with Gasteiger partial charge in [0.2, 0.25) is 0 Å². The van der Waals surface area contributed by atoms with E-state index >= 15 is 0 Å². The summed E-state index contributed by atoms with van der Waals surface area (Å²) in [7, 11) is 0. The monoisotopic (exact) mass is 398 g/mol. The van der Waals surface area contributed by atoms with E-state index in [0.29, 0.717) is 11.4 Å². The Morgan fingerprint density at radius 2 is 2.00 bits per heavy atom. The zero-order valence-corrected chi connectivity index (χ0v) is 18.3. The predicted molar refractivity (Wildman–Crippen MR) is 113 cm³/mol. The quantitative estimate of drug-likeness (QED) is 0.774. The van der Waals surface area contributed by atoms with E-state index in [0.717, 1.165) is 43.1 Å². The van der Waals surface area contributed by atoms with Gasteiger partial charge in [-0.1, -0.05) is 20.8 Å². The van der Waals surface area contributed by atoms with Gasteiger partial charge >= 0.3 is 0 Å². The maximum atomic E-state index is 14.6. The Morgan fingerprint density at radius 3 is 2.55 bits per heavy atom. The zero-order valence-electron chi connectivity index (χ0n) is 18.3. The smallest absolute Gasteiger partial charge is 0.158 e. The molecule has 1 fully saturated rings. The SMILES string of the molecule is CC.CCc1cc(F)c(C(C)N2CCN(c3cnc(C#N)cn3)C[C@@H]2C)nc1C. The van der Waals surface area contributed by atoms with Gasteiger partial charge in [0.05, 0.1) is 24.1 Å². The average Bonchev–Trinajstić information content (AvgIpc) is 2.76. The minimum absolute atomic E-state index is 0.0983. The summed E-state index contributed by atoms with van der Waals surface area (Å²) < 4.78 is 14.6. The normalized spacial score (nSPS) is 17.9. The molecule has 0 bridgehead atoms. The number of hydrogen-bond acceptors (Lipinski definition) is 6. The standard InChI is InChI=1S/C20H25FN6.C2H6/c1-5-16-8-18(21)20(25-14(16)3)15(4)27-7-6-26(12-13(27)2)19-11-23-17(9-22)10-24-19;1-2/h8,10-11,13,15H,5-7,12H2,1-4H3;1-2H3/t13-,15?;/m0./s1. The fourth-order valence-corrected chi connectivity index (χ4v) is 3.74. The van der Waals surface area contributed by atoms with E-state index in [1.54, 1.807) is 12.3 Å². The molecule has 0 aliphatic carbocycles. The maximum absolute atomic E-state index is 14.6. The number of aryl methyl sites for hydroxylation is 2. The highest BCUT2D eigenvalue weighted by Gasteiger charge is 2.30. The van der Waals surface area contributed by atoms with Crippen molar-refractivity contribution in [3.05, 3.63) is 46.9 Å². The second kappa shape index (κ2) is 10.3. The lowest BCUT2D eigenvalue weighted by molar-refractivity contribution is 0.133. The van der Waals surface area contributed by atoms with Gasteiger partial charge in [0, 0.05) is 31.4 Å². The highest BCUT2D eigenvalue weighted by Crippen LogP contribution is 2.28. The van der Waals surface area contributed by atoms with Crippen LogP contribution in [0.1, 0.15) is 63.3 Å². The molecule has 0 N–H and O–H groups in total. The van der Waals surface area contributed by atoms with Crippen LogP contribution < -0.4 is 4.90 Å². The van der Waals surface area contributed by atoms with Gasteiger partial charge in [-0.3, -0.25) is 9.88 Å². The molecule has 3 rings (SSSR count). The molecule has 3 heterocycles. The summed E-state index contributed by atoms with van der Waals surface area (Å²) in [4.78, 5) is 17.4. The molecule has 2 atom stereocenters. The Labute approximate surface area is 173 Å². The molecular formula is C22H31FN6. The van der Waals surface area contributed by atoms with E-state index in [1.165, 1.54) is 6.20 Å². The number of aromatic nitrogens is 3. The second-order valence-corrected chi connectivity index (χ2v) is 7.03. The highest BCUT2D eigenvalue weighted by atomic mass is 19.1. The lowest BCUT2D eigenvalue weighted by Gasteiger charge is -2.43. The second-order valence-electron chi connectivity index (χ2n) is 7.03. The Morgan fingerprint density at radius 1 is 1.28 bits per heavy atom. The van der Waals surface area contributed by atoms with Crippen LogP contribution in [0.15, 0.2) is 18.5 Å². The van der Waals surface area contributed by atoms with Crippen molar-refractivity contribution in [3.8, 4) is 6.07 Å². The molecule has 6 nitrogen and oxygen atoms in total. The van der Waals surface area contributed by atoms with Crippen LogP contribution in [0, 0.1) is 24.1 Å². The van der Waals surface area contributed by atoms with Crippen LogP contribution >= 0.6 is 0 Å². The third-order valence-corrected chi connectivity index (χ3v) is 5.33. The van der Waals surface area contributed by atoms with Crippen molar-refractivity contribution in [3.63, 3.8) is 0 Å². The van der Waals surface area contributed by atoms with Gasteiger partial charge in [0.1, 0.15) is 17.7 Å². The third-order valence-electron chi connectivity index (χ3n) is 5.33. The first-order chi connectivity index (χ1) is 13.9. The maximum Gasteiger partial charge on any atom is 0.158 e. The summed E-state index contributed by atoms with van der Waals surface area (Å²) in [5, 5.41) is 8.85. The van der Waals surface area contributed by atoms with E-state index < -0.39 is 0 Å². The largest absolute Gasteiger partial charge is 0.352 e. The first-order valence-electron chi connectivity index (χ1n) is 10.3. The summed E-state index contributed by atoms with van der Waals surface area (Å²) in [6, 6.07) is 3.72. The van der Waals surface area contributed by atoms with Crippen LogP contribution in [0.2, 0.25) is 0 Å². The molecule has 29 heavy (non-hydrogen) atoms. The fourth-order valence-electron chi connectivity index (χ4n) is 3.74. The van der Waals surface area contributed by atoms with Crippen molar-refractivity contribution in [1.82, 2.24) is 19.9 Å². The molecule has 0 saturated carbocycles. The molecule has 2 aromatic heterocycles. The van der Waals surface area contributed by atoms with Crippen molar-refractivity contribution in [2.75, 3.05) is 24.5 Å². The van der Waals surface area contributed by atoms with Crippen LogP contribution in [0.5, 0.6) is 0 Å². The Hall–Kier alpha value is -2.59. The minimum atomic E-state index is -0.225.